The van der Waals surface area contributed by atoms with E-state index in [1.54, 1.807) is 7.11 Å². The van der Waals surface area contributed by atoms with Crippen molar-refractivity contribution in [3.05, 3.63) is 18.2 Å². The first-order chi connectivity index (χ1) is 9.28. The van der Waals surface area contributed by atoms with E-state index in [1.807, 2.05) is 12.1 Å². The first kappa shape index (κ1) is 11.1. The van der Waals surface area contributed by atoms with E-state index in [9.17, 15) is 0 Å². The highest BCUT2D eigenvalue weighted by molar-refractivity contribution is 5.80. The normalized spacial score (nSPS) is 19.3. The maximum atomic E-state index is 6.19. The highest BCUT2D eigenvalue weighted by atomic mass is 16.5. The Kier molecular flexibility index (Phi) is 2.28. The van der Waals surface area contributed by atoms with Gasteiger partial charge in [0.1, 0.15) is 5.75 Å². The molecule has 4 rings (SSSR count). The lowest BCUT2D eigenvalue weighted by Crippen LogP contribution is -2.15. The molecule has 2 fully saturated rings. The number of methoxy groups -OCH3 is 1. The van der Waals surface area contributed by atoms with E-state index in [4.69, 9.17) is 10.5 Å². The summed E-state index contributed by atoms with van der Waals surface area (Å²) in [5.41, 5.74) is 8.29. The Labute approximate surface area is 112 Å². The van der Waals surface area contributed by atoms with Gasteiger partial charge in [0.05, 0.1) is 18.1 Å². The van der Waals surface area contributed by atoms with Gasteiger partial charge in [0.25, 0.3) is 0 Å². The minimum absolute atomic E-state index is 0.553. The monoisotopic (exact) mass is 257 g/mol. The first-order valence-electron chi connectivity index (χ1n) is 7.09. The second-order valence-corrected chi connectivity index (χ2v) is 5.86. The number of imidazole rings is 1. The van der Waals surface area contributed by atoms with Gasteiger partial charge in [-0.3, -0.25) is 0 Å². The van der Waals surface area contributed by atoms with Gasteiger partial charge in [-0.25, -0.2) is 4.98 Å². The molecule has 0 amide bonds. The van der Waals surface area contributed by atoms with Crippen LogP contribution in [0.3, 0.4) is 0 Å². The Hall–Kier alpha value is -1.71. The molecule has 2 aliphatic rings. The maximum absolute atomic E-state index is 6.19. The number of fused-ring (bicyclic) bond motifs is 1. The SMILES string of the molecule is COc1ccc2nc(N)n(C(C3CC3)C3CC3)c2c1. The van der Waals surface area contributed by atoms with Crippen molar-refractivity contribution >= 4 is 17.0 Å². The molecule has 4 nitrogen and oxygen atoms in total. The van der Waals surface area contributed by atoms with Crippen molar-refractivity contribution in [2.45, 2.75) is 31.7 Å². The average molecular weight is 257 g/mol. The zero-order valence-corrected chi connectivity index (χ0v) is 11.2. The van der Waals surface area contributed by atoms with Crippen LogP contribution in [0.4, 0.5) is 5.95 Å². The molecule has 1 aromatic carbocycles. The fourth-order valence-electron chi connectivity index (χ4n) is 3.21. The van der Waals surface area contributed by atoms with Crippen molar-refractivity contribution in [1.82, 2.24) is 9.55 Å². The summed E-state index contributed by atoms with van der Waals surface area (Å²) in [5.74, 6) is 3.14. The zero-order chi connectivity index (χ0) is 13.0. The summed E-state index contributed by atoms with van der Waals surface area (Å²) in [7, 11) is 1.70. The van der Waals surface area contributed by atoms with E-state index in [2.05, 4.69) is 15.6 Å². The quantitative estimate of drug-likeness (QED) is 0.916. The van der Waals surface area contributed by atoms with Gasteiger partial charge in [-0.1, -0.05) is 0 Å². The molecule has 4 heteroatoms. The number of nitrogen functional groups attached to an aromatic ring is 1. The van der Waals surface area contributed by atoms with Crippen molar-refractivity contribution in [3.63, 3.8) is 0 Å². The Morgan fingerprint density at radius 1 is 1.26 bits per heavy atom. The molecule has 2 N–H and O–H groups in total. The van der Waals surface area contributed by atoms with Crippen LogP contribution in [0.1, 0.15) is 31.7 Å². The van der Waals surface area contributed by atoms with Crippen LogP contribution in [0, 0.1) is 11.8 Å². The molecule has 100 valence electrons. The minimum atomic E-state index is 0.553. The standard InChI is InChI=1S/C15H19N3O/c1-19-11-6-7-12-13(8-11)18(15(16)17-12)14(9-2-3-9)10-4-5-10/h6-10,14H,2-5H2,1H3,(H2,16,17). The third kappa shape index (κ3) is 1.78. The molecule has 0 atom stereocenters. The second kappa shape index (κ2) is 3.89. The van der Waals surface area contributed by atoms with Crippen LogP contribution in [0.15, 0.2) is 18.2 Å². The molecule has 1 aromatic heterocycles. The van der Waals surface area contributed by atoms with Crippen molar-refractivity contribution in [2.24, 2.45) is 11.8 Å². The highest BCUT2D eigenvalue weighted by Gasteiger charge is 2.43. The van der Waals surface area contributed by atoms with Crippen LogP contribution in [-0.4, -0.2) is 16.7 Å². The van der Waals surface area contributed by atoms with E-state index in [1.165, 1.54) is 25.7 Å². The lowest BCUT2D eigenvalue weighted by Gasteiger charge is -2.20. The number of anilines is 1. The molecule has 1 heterocycles. The highest BCUT2D eigenvalue weighted by Crippen LogP contribution is 2.53. The van der Waals surface area contributed by atoms with E-state index in [0.29, 0.717) is 12.0 Å². The van der Waals surface area contributed by atoms with Gasteiger partial charge in [-0.2, -0.15) is 0 Å². The van der Waals surface area contributed by atoms with Gasteiger partial charge >= 0.3 is 0 Å². The summed E-state index contributed by atoms with van der Waals surface area (Å²) in [6.07, 6.45) is 5.35. The number of rotatable bonds is 4. The molecule has 0 unspecified atom stereocenters. The summed E-state index contributed by atoms with van der Waals surface area (Å²) >= 11 is 0. The molecule has 19 heavy (non-hydrogen) atoms. The number of nitrogens with two attached hydrogens (primary N) is 1. The lowest BCUT2D eigenvalue weighted by molar-refractivity contribution is 0.405. The molecule has 2 aliphatic carbocycles. The first-order valence-corrected chi connectivity index (χ1v) is 7.09. The summed E-state index contributed by atoms with van der Waals surface area (Å²) in [4.78, 5) is 4.51. The third-order valence-electron chi connectivity index (χ3n) is 4.43. The third-order valence-corrected chi connectivity index (χ3v) is 4.43. The van der Waals surface area contributed by atoms with Crippen molar-refractivity contribution in [3.8, 4) is 5.75 Å². The lowest BCUT2D eigenvalue weighted by atomic mass is 10.1. The number of benzene rings is 1. The van der Waals surface area contributed by atoms with E-state index >= 15 is 0 Å². The summed E-state index contributed by atoms with van der Waals surface area (Å²) < 4.78 is 7.61. The Bertz CT molecular complexity index is 614. The van der Waals surface area contributed by atoms with E-state index in [-0.39, 0.29) is 0 Å². The summed E-state index contributed by atoms with van der Waals surface area (Å²) in [6.45, 7) is 0. The fourth-order valence-corrected chi connectivity index (χ4v) is 3.21. The fraction of sp³-hybridized carbons (Fsp3) is 0.533. The Balaban J connectivity index is 1.88. The summed E-state index contributed by atoms with van der Waals surface area (Å²) in [6, 6.07) is 6.56. The average Bonchev–Trinajstić information content (AvgIpc) is 3.30. The predicted octanol–water partition coefficient (Wildman–Crippen LogP) is 2.99. The van der Waals surface area contributed by atoms with Gasteiger partial charge in [0, 0.05) is 12.1 Å². The molecule has 0 saturated heterocycles. The van der Waals surface area contributed by atoms with Crippen molar-refractivity contribution < 1.29 is 4.74 Å². The van der Waals surface area contributed by atoms with Gasteiger partial charge in [-0.15, -0.1) is 0 Å². The van der Waals surface area contributed by atoms with Crippen molar-refractivity contribution in [2.75, 3.05) is 12.8 Å². The maximum Gasteiger partial charge on any atom is 0.201 e. The number of aromatic nitrogens is 2. The van der Waals surface area contributed by atoms with Gasteiger partial charge in [-0.05, 0) is 49.7 Å². The number of hydrogen-bond acceptors (Lipinski definition) is 3. The predicted molar refractivity (Wildman–Crippen MR) is 75.2 cm³/mol. The van der Waals surface area contributed by atoms with Gasteiger partial charge in [0.15, 0.2) is 0 Å². The molecule has 0 bridgehead atoms. The van der Waals surface area contributed by atoms with Crippen LogP contribution >= 0.6 is 0 Å². The molecule has 2 aromatic rings. The summed E-state index contributed by atoms with van der Waals surface area (Å²) in [5, 5.41) is 0. The van der Waals surface area contributed by atoms with Crippen LogP contribution in [0.25, 0.3) is 11.0 Å². The Morgan fingerprint density at radius 2 is 1.95 bits per heavy atom. The topological polar surface area (TPSA) is 53.1 Å². The molecular formula is C15H19N3O. The second-order valence-electron chi connectivity index (χ2n) is 5.86. The van der Waals surface area contributed by atoms with E-state index < -0.39 is 0 Å². The van der Waals surface area contributed by atoms with Crippen LogP contribution in [0.5, 0.6) is 5.75 Å². The molecule has 0 aliphatic heterocycles. The molecular weight excluding hydrogens is 238 g/mol. The number of hydrogen-bond donors (Lipinski definition) is 1. The van der Waals surface area contributed by atoms with Gasteiger partial charge < -0.3 is 15.0 Å². The van der Waals surface area contributed by atoms with E-state index in [0.717, 1.165) is 28.6 Å². The smallest absolute Gasteiger partial charge is 0.201 e. The van der Waals surface area contributed by atoms with Crippen molar-refractivity contribution in [1.29, 1.82) is 0 Å². The Morgan fingerprint density at radius 3 is 2.53 bits per heavy atom. The van der Waals surface area contributed by atoms with Crippen LogP contribution < -0.4 is 10.5 Å². The molecule has 0 spiro atoms. The van der Waals surface area contributed by atoms with Crippen LogP contribution in [-0.2, 0) is 0 Å². The number of ether oxygens (including phenoxy) is 1. The zero-order valence-electron chi connectivity index (χ0n) is 11.2. The minimum Gasteiger partial charge on any atom is -0.497 e. The van der Waals surface area contributed by atoms with Crippen LogP contribution in [0.2, 0.25) is 0 Å². The molecule has 0 radical (unpaired) electrons. The number of nitrogens with zero attached hydrogens (tertiary/aromatic N) is 2. The van der Waals surface area contributed by atoms with Gasteiger partial charge in [0.2, 0.25) is 5.95 Å². The molecule has 2 saturated carbocycles. The largest absolute Gasteiger partial charge is 0.497 e.